The molecule has 6 nitrogen and oxygen atoms in total. The van der Waals surface area contributed by atoms with Crippen molar-refractivity contribution in [2.45, 2.75) is 26.2 Å². The van der Waals surface area contributed by atoms with Crippen molar-refractivity contribution < 1.29 is 27.2 Å². The summed E-state index contributed by atoms with van der Waals surface area (Å²) in [7, 11) is -0.766. The van der Waals surface area contributed by atoms with Gasteiger partial charge in [-0.2, -0.15) is 0 Å². The van der Waals surface area contributed by atoms with Crippen LogP contribution in [0.1, 0.15) is 22.3 Å². The number of aryl methyl sites for hydroxylation is 2. The minimum atomic E-state index is -3.13. The molecule has 0 aliphatic heterocycles. The van der Waals surface area contributed by atoms with Gasteiger partial charge in [0.15, 0.2) is 0 Å². The van der Waals surface area contributed by atoms with Crippen LogP contribution in [-0.4, -0.2) is 28.4 Å². The highest BCUT2D eigenvalue weighted by Crippen LogP contribution is 2.52. The Morgan fingerprint density at radius 3 is 1.50 bits per heavy atom. The normalized spacial score (nSPS) is 12.6. The van der Waals surface area contributed by atoms with E-state index in [1.807, 2.05) is 26.0 Å². The van der Waals surface area contributed by atoms with Gasteiger partial charge < -0.3 is 18.1 Å². The van der Waals surface area contributed by atoms with E-state index in [2.05, 4.69) is 0 Å². The van der Waals surface area contributed by atoms with Gasteiger partial charge in [0, 0.05) is 28.4 Å². The van der Waals surface area contributed by atoms with Gasteiger partial charge >= 0.3 is 15.2 Å². The second-order valence-electron chi connectivity index (χ2n) is 4.98. The summed E-state index contributed by atoms with van der Waals surface area (Å²) in [5.41, 5.74) is 3.61. The minimum Gasteiger partial charge on any atom is -0.312 e. The fourth-order valence-corrected chi connectivity index (χ4v) is 4.58. The number of hydrogen-bond acceptors (Lipinski definition) is 6. The molecule has 0 aliphatic rings. The highest BCUT2D eigenvalue weighted by molar-refractivity contribution is 7.53. The molecule has 0 spiro atoms. The van der Waals surface area contributed by atoms with Crippen molar-refractivity contribution in [3.63, 3.8) is 0 Å². The molecule has 22 heavy (non-hydrogen) atoms. The van der Waals surface area contributed by atoms with Gasteiger partial charge in [0.05, 0.1) is 12.3 Å². The van der Waals surface area contributed by atoms with Crippen LogP contribution < -0.4 is 0 Å². The van der Waals surface area contributed by atoms with Crippen molar-refractivity contribution in [1.29, 1.82) is 0 Å². The third-order valence-corrected chi connectivity index (χ3v) is 7.28. The second kappa shape index (κ2) is 7.87. The largest absolute Gasteiger partial charge is 0.334 e. The third kappa shape index (κ3) is 4.76. The molecule has 0 fully saturated rings. The van der Waals surface area contributed by atoms with Gasteiger partial charge in [0.1, 0.15) is 0 Å². The molecule has 0 radical (unpaired) electrons. The molecule has 1 aromatic rings. The lowest BCUT2D eigenvalue weighted by Crippen LogP contribution is -2.01. The molecule has 0 heterocycles. The van der Waals surface area contributed by atoms with Crippen molar-refractivity contribution in [3.8, 4) is 0 Å². The van der Waals surface area contributed by atoms with Crippen LogP contribution in [0.25, 0.3) is 0 Å². The molecule has 1 rings (SSSR count). The first-order chi connectivity index (χ1) is 10.2. The van der Waals surface area contributed by atoms with E-state index in [-0.39, 0.29) is 12.3 Å². The summed E-state index contributed by atoms with van der Waals surface area (Å²) >= 11 is 0. The van der Waals surface area contributed by atoms with E-state index in [1.54, 1.807) is 0 Å². The van der Waals surface area contributed by atoms with Crippen LogP contribution in [-0.2, 0) is 39.5 Å². The van der Waals surface area contributed by atoms with Crippen LogP contribution >= 0.6 is 15.2 Å². The van der Waals surface area contributed by atoms with Crippen LogP contribution in [0, 0.1) is 13.8 Å². The Kier molecular flexibility index (Phi) is 7.00. The molecule has 0 aromatic heterocycles. The Bertz CT molecular complexity index is 574. The molecule has 0 unspecified atom stereocenters. The van der Waals surface area contributed by atoms with Crippen LogP contribution in [0.3, 0.4) is 0 Å². The van der Waals surface area contributed by atoms with Crippen molar-refractivity contribution in [3.05, 3.63) is 34.4 Å². The first-order valence-electron chi connectivity index (χ1n) is 6.72. The van der Waals surface area contributed by atoms with Crippen molar-refractivity contribution in [2.75, 3.05) is 28.4 Å². The average molecular weight is 350 g/mol. The smallest absolute Gasteiger partial charge is 0.312 e. The summed E-state index contributed by atoms with van der Waals surface area (Å²) in [5, 5.41) is 0. The van der Waals surface area contributed by atoms with E-state index >= 15 is 0 Å². The van der Waals surface area contributed by atoms with Gasteiger partial charge in [-0.15, -0.1) is 0 Å². The summed E-state index contributed by atoms with van der Waals surface area (Å²) in [4.78, 5) is 0. The van der Waals surface area contributed by atoms with E-state index in [4.69, 9.17) is 18.1 Å². The predicted molar refractivity (Wildman–Crippen MR) is 86.6 cm³/mol. The predicted octanol–water partition coefficient (Wildman–Crippen LogP) is 4.28. The molecular weight excluding hydrogens is 326 g/mol. The first kappa shape index (κ1) is 19.6. The van der Waals surface area contributed by atoms with Gasteiger partial charge in [-0.25, -0.2) is 0 Å². The molecule has 0 atom stereocenters. The Hall–Kier alpha value is -0.480. The standard InChI is InChI=1S/C14H24O6P2/c1-11-7-13(9-21(15,17-3)18-4)8-12(2)14(11)10-22(16,19-5)20-6/h7-8H,9-10H2,1-6H3. The van der Waals surface area contributed by atoms with E-state index < -0.39 is 15.2 Å². The second-order valence-corrected chi connectivity index (χ2v) is 9.51. The summed E-state index contributed by atoms with van der Waals surface area (Å²) in [6.07, 6.45) is 0.387. The maximum atomic E-state index is 12.3. The zero-order valence-corrected chi connectivity index (χ0v) is 15.7. The maximum Gasteiger partial charge on any atom is 0.334 e. The molecule has 0 saturated heterocycles. The topological polar surface area (TPSA) is 71.1 Å². The average Bonchev–Trinajstić information content (AvgIpc) is 2.50. The van der Waals surface area contributed by atoms with E-state index in [0.29, 0.717) is 0 Å². The Labute approximate surface area is 132 Å². The van der Waals surface area contributed by atoms with E-state index in [0.717, 1.165) is 22.3 Å². The lowest BCUT2D eigenvalue weighted by Gasteiger charge is -2.19. The highest BCUT2D eigenvalue weighted by Gasteiger charge is 2.26. The lowest BCUT2D eigenvalue weighted by atomic mass is 10.0. The minimum absolute atomic E-state index is 0.189. The van der Waals surface area contributed by atoms with Gasteiger partial charge in [-0.05, 0) is 36.1 Å². The number of hydrogen-bond donors (Lipinski definition) is 0. The summed E-state index contributed by atoms with van der Waals surface area (Å²) in [5.74, 6) is 0. The zero-order chi connectivity index (χ0) is 17.0. The molecule has 0 saturated carbocycles. The molecule has 0 amide bonds. The molecule has 8 heteroatoms. The molecule has 1 aromatic carbocycles. The summed E-state index contributed by atoms with van der Waals surface area (Å²) in [6, 6.07) is 3.78. The highest BCUT2D eigenvalue weighted by atomic mass is 31.2. The van der Waals surface area contributed by atoms with Gasteiger partial charge in [0.25, 0.3) is 0 Å². The van der Waals surface area contributed by atoms with E-state index in [1.165, 1.54) is 28.4 Å². The van der Waals surface area contributed by atoms with Gasteiger partial charge in [-0.3, -0.25) is 9.13 Å². The quantitative estimate of drug-likeness (QED) is 0.652. The Morgan fingerprint density at radius 1 is 0.773 bits per heavy atom. The van der Waals surface area contributed by atoms with Crippen molar-refractivity contribution >= 4 is 15.2 Å². The van der Waals surface area contributed by atoms with Crippen molar-refractivity contribution in [1.82, 2.24) is 0 Å². The van der Waals surface area contributed by atoms with Crippen LogP contribution in [0.2, 0.25) is 0 Å². The maximum absolute atomic E-state index is 12.3. The summed E-state index contributed by atoms with van der Waals surface area (Å²) in [6.45, 7) is 3.82. The Balaban J connectivity index is 3.13. The van der Waals surface area contributed by atoms with Crippen LogP contribution in [0.5, 0.6) is 0 Å². The molecule has 0 N–H and O–H groups in total. The number of rotatable bonds is 8. The van der Waals surface area contributed by atoms with Gasteiger partial charge in [-0.1, -0.05) is 12.1 Å². The molecule has 0 aliphatic carbocycles. The molecule has 126 valence electrons. The fraction of sp³-hybridized carbons (Fsp3) is 0.571. The first-order valence-corrected chi connectivity index (χ1v) is 10.2. The molecule has 0 bridgehead atoms. The number of benzene rings is 1. The van der Waals surface area contributed by atoms with Crippen LogP contribution in [0.15, 0.2) is 12.1 Å². The molecular formula is C14H24O6P2. The lowest BCUT2D eigenvalue weighted by molar-refractivity contribution is 0.273. The SMILES string of the molecule is COP(=O)(Cc1cc(C)c(CP(=O)(OC)OC)c(C)c1)OC. The fourth-order valence-electron chi connectivity index (χ4n) is 2.25. The third-order valence-electron chi connectivity index (χ3n) is 3.60. The van der Waals surface area contributed by atoms with Crippen LogP contribution in [0.4, 0.5) is 0 Å². The van der Waals surface area contributed by atoms with Gasteiger partial charge in [0.2, 0.25) is 0 Å². The van der Waals surface area contributed by atoms with E-state index in [9.17, 15) is 9.13 Å². The zero-order valence-electron chi connectivity index (χ0n) is 13.9. The monoisotopic (exact) mass is 350 g/mol. The Morgan fingerprint density at radius 2 is 1.14 bits per heavy atom. The van der Waals surface area contributed by atoms with Crippen molar-refractivity contribution in [2.24, 2.45) is 0 Å². The summed E-state index contributed by atoms with van der Waals surface area (Å²) < 4.78 is 44.4.